The van der Waals surface area contributed by atoms with Crippen LogP contribution in [-0.4, -0.2) is 20.7 Å². The van der Waals surface area contributed by atoms with Gasteiger partial charge in [-0.2, -0.15) is 0 Å². The second-order valence-corrected chi connectivity index (χ2v) is 12.8. The molecular weight excluding hydrogens is 585 g/mol. The summed E-state index contributed by atoms with van der Waals surface area (Å²) in [5.74, 6) is 0.947. The minimum absolute atomic E-state index is 0.826. The first-order valence-corrected chi connectivity index (χ1v) is 16.5. The molecule has 0 saturated carbocycles. The fourth-order valence-corrected chi connectivity index (χ4v) is 8.22. The zero-order chi connectivity index (χ0) is 31.3. The van der Waals surface area contributed by atoms with Crippen molar-refractivity contribution in [1.29, 1.82) is 0 Å². The van der Waals surface area contributed by atoms with Crippen molar-refractivity contribution in [3.8, 4) is 22.6 Å². The number of dihydropyridines is 1. The van der Waals surface area contributed by atoms with Gasteiger partial charge in [0.05, 0.1) is 27.8 Å². The number of fused-ring (bicyclic) bond motifs is 8. The van der Waals surface area contributed by atoms with Crippen molar-refractivity contribution in [3.05, 3.63) is 163 Å². The summed E-state index contributed by atoms with van der Waals surface area (Å²) in [7, 11) is 0. The predicted molar refractivity (Wildman–Crippen MR) is 200 cm³/mol. The first-order valence-electron chi connectivity index (χ1n) is 16.5. The number of hydrogen-bond donors (Lipinski definition) is 1. The van der Waals surface area contributed by atoms with Crippen LogP contribution in [0.2, 0.25) is 0 Å². The minimum Gasteiger partial charge on any atom is -0.387 e. The number of benzene rings is 6. The summed E-state index contributed by atoms with van der Waals surface area (Å²) in [4.78, 5) is 5.40. The van der Waals surface area contributed by atoms with Gasteiger partial charge in [0, 0.05) is 44.7 Å². The Hall–Kier alpha value is -6.39. The summed E-state index contributed by atoms with van der Waals surface area (Å²) < 4.78 is 4.73. The Morgan fingerprint density at radius 3 is 2.12 bits per heavy atom. The molecule has 1 N–H and O–H groups in total. The van der Waals surface area contributed by atoms with Crippen molar-refractivity contribution in [3.63, 3.8) is 0 Å². The monoisotopic (exact) mass is 612 g/mol. The summed E-state index contributed by atoms with van der Waals surface area (Å²) in [6, 6.07) is 50.8. The van der Waals surface area contributed by atoms with Crippen LogP contribution in [0.15, 0.2) is 152 Å². The summed E-state index contributed by atoms with van der Waals surface area (Å²) in [5, 5.41) is 10.9. The third kappa shape index (κ3) is 3.46. The Bertz CT molecular complexity index is 2880. The van der Waals surface area contributed by atoms with Crippen molar-refractivity contribution in [1.82, 2.24) is 19.4 Å². The van der Waals surface area contributed by atoms with E-state index in [2.05, 4.69) is 160 Å². The smallest absolute Gasteiger partial charge is 0.138 e. The van der Waals surface area contributed by atoms with E-state index in [1.54, 1.807) is 0 Å². The van der Waals surface area contributed by atoms with Gasteiger partial charge in [-0.15, -0.1) is 0 Å². The zero-order valence-electron chi connectivity index (χ0n) is 26.0. The lowest BCUT2D eigenvalue weighted by atomic mass is 10.0. The molecule has 1 aliphatic carbocycles. The van der Waals surface area contributed by atoms with Gasteiger partial charge >= 0.3 is 0 Å². The number of nitrogens with zero attached hydrogens (tertiary/aromatic N) is 3. The Morgan fingerprint density at radius 1 is 0.542 bits per heavy atom. The molecule has 1 aliphatic heterocycles. The second-order valence-electron chi connectivity index (χ2n) is 12.8. The van der Waals surface area contributed by atoms with Crippen LogP contribution in [0.25, 0.3) is 88.2 Å². The fourth-order valence-electron chi connectivity index (χ4n) is 8.22. The Morgan fingerprint density at radius 2 is 1.25 bits per heavy atom. The van der Waals surface area contributed by atoms with Gasteiger partial charge in [0.15, 0.2) is 0 Å². The highest BCUT2D eigenvalue weighted by Gasteiger charge is 2.27. The summed E-state index contributed by atoms with van der Waals surface area (Å²) in [6.45, 7) is 0.826. The lowest BCUT2D eigenvalue weighted by molar-refractivity contribution is 0.992. The molecule has 4 heterocycles. The average Bonchev–Trinajstić information content (AvgIpc) is 3.78. The predicted octanol–water partition coefficient (Wildman–Crippen LogP) is 10.4. The van der Waals surface area contributed by atoms with Crippen molar-refractivity contribution in [2.24, 2.45) is 0 Å². The Balaban J connectivity index is 1.13. The SMILES string of the molecule is C1=CC2=C(CN1)c1cccc3cc(-n4c5ccccc5c5cc(-c6ccc7c8ccccc8n(-c8ccccc8)c7c6)ccc54)nc2c13. The molecule has 6 aromatic carbocycles. The lowest BCUT2D eigenvalue weighted by Crippen LogP contribution is -2.12. The molecule has 4 nitrogen and oxygen atoms in total. The van der Waals surface area contributed by atoms with E-state index in [1.807, 2.05) is 6.20 Å². The van der Waals surface area contributed by atoms with Crippen LogP contribution in [0, 0.1) is 0 Å². The van der Waals surface area contributed by atoms with E-state index in [0.29, 0.717) is 0 Å². The number of rotatable bonds is 3. The molecule has 3 aromatic heterocycles. The van der Waals surface area contributed by atoms with E-state index in [-0.39, 0.29) is 0 Å². The Kier molecular flexibility index (Phi) is 5.13. The molecule has 0 radical (unpaired) electrons. The van der Waals surface area contributed by atoms with Crippen molar-refractivity contribution >= 4 is 65.5 Å². The number of para-hydroxylation sites is 3. The van der Waals surface area contributed by atoms with Crippen molar-refractivity contribution in [2.75, 3.05) is 6.54 Å². The third-order valence-corrected chi connectivity index (χ3v) is 10.3. The maximum Gasteiger partial charge on any atom is 0.138 e. The summed E-state index contributed by atoms with van der Waals surface area (Å²) in [5.41, 5.74) is 13.2. The highest BCUT2D eigenvalue weighted by atomic mass is 15.1. The Labute approximate surface area is 276 Å². The number of hydrogen-bond acceptors (Lipinski definition) is 2. The molecule has 0 amide bonds. The zero-order valence-corrected chi connectivity index (χ0v) is 26.0. The number of allylic oxidation sites excluding steroid dienone is 2. The first-order chi connectivity index (χ1) is 23.8. The van der Waals surface area contributed by atoms with Gasteiger partial charge in [-0.05, 0) is 88.5 Å². The van der Waals surface area contributed by atoms with Crippen LogP contribution in [-0.2, 0) is 0 Å². The summed E-state index contributed by atoms with van der Waals surface area (Å²) in [6.07, 6.45) is 4.22. The second kappa shape index (κ2) is 9.57. The molecule has 4 heteroatoms. The number of pyridine rings is 1. The first kappa shape index (κ1) is 25.8. The molecule has 11 rings (SSSR count). The van der Waals surface area contributed by atoms with Crippen molar-refractivity contribution in [2.45, 2.75) is 0 Å². The van der Waals surface area contributed by atoms with E-state index in [1.165, 1.54) is 76.9 Å². The molecule has 0 fully saturated rings. The van der Waals surface area contributed by atoms with Crippen LogP contribution in [0.3, 0.4) is 0 Å². The van der Waals surface area contributed by atoms with Gasteiger partial charge in [-0.25, -0.2) is 4.98 Å². The van der Waals surface area contributed by atoms with Crippen LogP contribution in [0.5, 0.6) is 0 Å². The van der Waals surface area contributed by atoms with E-state index in [9.17, 15) is 0 Å². The van der Waals surface area contributed by atoms with Gasteiger partial charge in [-0.1, -0.05) is 91.0 Å². The number of aromatic nitrogens is 3. The molecule has 0 atom stereocenters. The van der Waals surface area contributed by atoms with Crippen LogP contribution < -0.4 is 5.32 Å². The molecule has 0 unspecified atom stereocenters. The molecule has 224 valence electrons. The highest BCUT2D eigenvalue weighted by molar-refractivity contribution is 6.17. The van der Waals surface area contributed by atoms with Gasteiger partial charge in [0.25, 0.3) is 0 Å². The largest absolute Gasteiger partial charge is 0.387 e. The molecule has 9 aromatic rings. The molecular formula is C44H28N4. The average molecular weight is 613 g/mol. The normalized spacial score (nSPS) is 13.8. The number of nitrogens with one attached hydrogen (secondary N) is 1. The standard InChI is InChI=1S/C44H28N4/c1-2-10-30(11-3-1)47-38-15-6-4-12-31(38)33-19-17-28(24-41(33)47)27-18-20-40-36(23-27)32-13-5-7-16-39(32)48(40)42-25-29-9-8-14-34-37-26-45-22-21-35(37)44(46-42)43(29)34/h1-25,45H,26H2. The molecule has 0 spiro atoms. The summed E-state index contributed by atoms with van der Waals surface area (Å²) >= 11 is 0. The van der Waals surface area contributed by atoms with E-state index < -0.39 is 0 Å². The fraction of sp³-hybridized carbons (Fsp3) is 0.0227. The van der Waals surface area contributed by atoms with Crippen LogP contribution in [0.1, 0.15) is 11.3 Å². The van der Waals surface area contributed by atoms with Gasteiger partial charge in [0.1, 0.15) is 5.82 Å². The molecule has 0 bridgehead atoms. The van der Waals surface area contributed by atoms with Gasteiger partial charge < -0.3 is 9.88 Å². The lowest BCUT2D eigenvalue weighted by Gasteiger charge is -2.12. The quantitative estimate of drug-likeness (QED) is 0.215. The molecule has 48 heavy (non-hydrogen) atoms. The van der Waals surface area contributed by atoms with E-state index >= 15 is 0 Å². The molecule has 2 aliphatic rings. The third-order valence-electron chi connectivity index (χ3n) is 10.3. The van der Waals surface area contributed by atoms with Gasteiger partial charge in [0.2, 0.25) is 0 Å². The maximum atomic E-state index is 5.40. The van der Waals surface area contributed by atoms with E-state index in [4.69, 9.17) is 4.98 Å². The molecule has 0 saturated heterocycles. The van der Waals surface area contributed by atoms with Crippen molar-refractivity contribution < 1.29 is 0 Å². The maximum absolute atomic E-state index is 5.40. The topological polar surface area (TPSA) is 34.8 Å². The highest BCUT2D eigenvalue weighted by Crippen LogP contribution is 2.44. The minimum atomic E-state index is 0.826. The van der Waals surface area contributed by atoms with Gasteiger partial charge in [-0.3, -0.25) is 4.57 Å². The van der Waals surface area contributed by atoms with E-state index in [0.717, 1.165) is 29.1 Å². The van der Waals surface area contributed by atoms with Crippen LogP contribution in [0.4, 0.5) is 0 Å². The van der Waals surface area contributed by atoms with Crippen LogP contribution >= 0.6 is 0 Å².